The zero-order valence-electron chi connectivity index (χ0n) is 14.2. The van der Waals surface area contributed by atoms with Crippen LogP contribution in [0.25, 0.3) is 0 Å². The normalized spacial score (nSPS) is 16.1. The first-order chi connectivity index (χ1) is 12.5. The maximum absolute atomic E-state index is 12.9. The Hall–Kier alpha value is -2.89. The molecule has 0 radical (unpaired) electrons. The number of hydrogen-bond donors (Lipinski definition) is 1. The van der Waals surface area contributed by atoms with Gasteiger partial charge < -0.3 is 14.7 Å². The zero-order chi connectivity index (χ0) is 18.6. The van der Waals surface area contributed by atoms with Crippen LogP contribution in [0.15, 0.2) is 54.6 Å². The van der Waals surface area contributed by atoms with Crippen LogP contribution in [0.4, 0.5) is 4.39 Å². The van der Waals surface area contributed by atoms with Gasteiger partial charge in [0.15, 0.2) is 6.61 Å². The van der Waals surface area contributed by atoms with E-state index in [-0.39, 0.29) is 18.3 Å². The second-order valence-corrected chi connectivity index (χ2v) is 6.38. The van der Waals surface area contributed by atoms with E-state index < -0.39 is 11.4 Å². The average Bonchev–Trinajstić information content (AvgIpc) is 2.68. The van der Waals surface area contributed by atoms with E-state index in [1.807, 2.05) is 30.3 Å². The molecule has 6 heteroatoms. The van der Waals surface area contributed by atoms with E-state index in [4.69, 9.17) is 4.74 Å². The number of nitrogens with zero attached hydrogens (tertiary/aromatic N) is 1. The molecule has 1 fully saturated rings. The van der Waals surface area contributed by atoms with Crippen molar-refractivity contribution in [3.8, 4) is 5.75 Å². The van der Waals surface area contributed by atoms with Gasteiger partial charge in [0.05, 0.1) is 5.41 Å². The van der Waals surface area contributed by atoms with Gasteiger partial charge in [0, 0.05) is 13.1 Å². The molecule has 1 saturated heterocycles. The summed E-state index contributed by atoms with van der Waals surface area (Å²) in [7, 11) is 0. The molecule has 1 heterocycles. The minimum Gasteiger partial charge on any atom is -0.484 e. The van der Waals surface area contributed by atoms with Crippen LogP contribution in [0, 0.1) is 5.82 Å². The summed E-state index contributed by atoms with van der Waals surface area (Å²) < 4.78 is 18.3. The van der Waals surface area contributed by atoms with Gasteiger partial charge in [0.1, 0.15) is 11.6 Å². The lowest BCUT2D eigenvalue weighted by atomic mass is 9.73. The van der Waals surface area contributed by atoms with Crippen LogP contribution in [-0.4, -0.2) is 41.6 Å². The molecular weight excluding hydrogens is 337 g/mol. The van der Waals surface area contributed by atoms with Crippen molar-refractivity contribution in [2.45, 2.75) is 18.3 Å². The number of amides is 1. The second kappa shape index (κ2) is 7.56. The molecule has 2 aromatic rings. The fourth-order valence-corrected chi connectivity index (χ4v) is 3.29. The molecule has 0 spiro atoms. The third kappa shape index (κ3) is 3.69. The molecule has 0 atom stereocenters. The number of carbonyl (C=O) groups excluding carboxylic acids is 1. The van der Waals surface area contributed by atoms with E-state index in [0.29, 0.717) is 31.7 Å². The Morgan fingerprint density at radius 1 is 1.04 bits per heavy atom. The topological polar surface area (TPSA) is 66.8 Å². The van der Waals surface area contributed by atoms with E-state index in [1.165, 1.54) is 24.3 Å². The van der Waals surface area contributed by atoms with Crippen molar-refractivity contribution in [2.24, 2.45) is 0 Å². The lowest BCUT2D eigenvalue weighted by Crippen LogP contribution is -2.50. The van der Waals surface area contributed by atoms with Gasteiger partial charge in [-0.2, -0.15) is 0 Å². The van der Waals surface area contributed by atoms with E-state index in [2.05, 4.69) is 0 Å². The average molecular weight is 357 g/mol. The highest BCUT2D eigenvalue weighted by Crippen LogP contribution is 2.35. The monoisotopic (exact) mass is 357 g/mol. The number of carboxylic acid groups (broad SMARTS) is 1. The summed E-state index contributed by atoms with van der Waals surface area (Å²) in [5.41, 5.74) is -0.197. The van der Waals surface area contributed by atoms with Gasteiger partial charge in [-0.3, -0.25) is 9.59 Å². The van der Waals surface area contributed by atoms with Gasteiger partial charge in [-0.1, -0.05) is 30.3 Å². The first-order valence-corrected chi connectivity index (χ1v) is 8.46. The summed E-state index contributed by atoms with van der Waals surface area (Å²) in [6.45, 7) is 0.552. The smallest absolute Gasteiger partial charge is 0.314 e. The molecule has 0 saturated carbocycles. The summed E-state index contributed by atoms with van der Waals surface area (Å²) in [6, 6.07) is 14.6. The molecule has 5 nitrogen and oxygen atoms in total. The van der Waals surface area contributed by atoms with Crippen molar-refractivity contribution in [3.63, 3.8) is 0 Å². The Bertz CT molecular complexity index is 768. The number of benzene rings is 2. The predicted octanol–water partition coefficient (Wildman–Crippen LogP) is 2.85. The third-order valence-corrected chi connectivity index (χ3v) is 4.88. The number of carbonyl (C=O) groups is 2. The molecule has 0 aliphatic carbocycles. The molecule has 1 amide bonds. The second-order valence-electron chi connectivity index (χ2n) is 6.38. The van der Waals surface area contributed by atoms with Crippen LogP contribution in [0.2, 0.25) is 0 Å². The highest BCUT2D eigenvalue weighted by molar-refractivity contribution is 5.83. The first-order valence-electron chi connectivity index (χ1n) is 8.46. The first kappa shape index (κ1) is 17.9. The summed E-state index contributed by atoms with van der Waals surface area (Å²) in [5.74, 6) is -1.02. The molecule has 3 rings (SSSR count). The number of carboxylic acids is 1. The Morgan fingerprint density at radius 2 is 1.65 bits per heavy atom. The van der Waals surface area contributed by atoms with Gasteiger partial charge in [-0.15, -0.1) is 0 Å². The fraction of sp³-hybridized carbons (Fsp3) is 0.300. The molecule has 1 N–H and O–H groups in total. The summed E-state index contributed by atoms with van der Waals surface area (Å²) in [4.78, 5) is 25.9. The third-order valence-electron chi connectivity index (χ3n) is 4.88. The number of hydrogen-bond acceptors (Lipinski definition) is 3. The van der Waals surface area contributed by atoms with Crippen molar-refractivity contribution < 1.29 is 23.8 Å². The van der Waals surface area contributed by atoms with Crippen molar-refractivity contribution in [3.05, 3.63) is 66.0 Å². The van der Waals surface area contributed by atoms with Crippen LogP contribution in [0.3, 0.4) is 0 Å². The Kier molecular flexibility index (Phi) is 5.21. The van der Waals surface area contributed by atoms with E-state index in [9.17, 15) is 19.1 Å². The number of halogens is 1. The Morgan fingerprint density at radius 3 is 2.23 bits per heavy atom. The molecule has 2 aromatic carbocycles. The molecular formula is C20H20FNO4. The molecule has 0 aromatic heterocycles. The van der Waals surface area contributed by atoms with Crippen LogP contribution >= 0.6 is 0 Å². The Labute approximate surface area is 151 Å². The standard InChI is InChI=1S/C20H20FNO4/c21-16-6-8-17(9-7-16)26-14-18(23)22-12-10-20(11-13-22,19(24)25)15-4-2-1-3-5-15/h1-9H,10-14H2,(H,24,25). The number of aliphatic carboxylic acids is 1. The van der Waals surface area contributed by atoms with Gasteiger partial charge in [0.2, 0.25) is 0 Å². The van der Waals surface area contributed by atoms with Crippen LogP contribution in [0.1, 0.15) is 18.4 Å². The lowest BCUT2D eigenvalue weighted by molar-refractivity contribution is -0.148. The van der Waals surface area contributed by atoms with Crippen molar-refractivity contribution >= 4 is 11.9 Å². The largest absolute Gasteiger partial charge is 0.484 e. The van der Waals surface area contributed by atoms with Crippen molar-refractivity contribution in [1.29, 1.82) is 0 Å². The van der Waals surface area contributed by atoms with Crippen molar-refractivity contribution in [1.82, 2.24) is 4.90 Å². The molecule has 26 heavy (non-hydrogen) atoms. The zero-order valence-corrected chi connectivity index (χ0v) is 14.2. The minimum atomic E-state index is -0.962. The number of likely N-dealkylation sites (tertiary alicyclic amines) is 1. The molecule has 0 unspecified atom stereocenters. The fourth-order valence-electron chi connectivity index (χ4n) is 3.29. The molecule has 1 aliphatic rings. The van der Waals surface area contributed by atoms with Crippen LogP contribution in [-0.2, 0) is 15.0 Å². The lowest BCUT2D eigenvalue weighted by Gasteiger charge is -2.39. The predicted molar refractivity (Wildman–Crippen MR) is 93.5 cm³/mol. The maximum atomic E-state index is 12.9. The summed E-state index contributed by atoms with van der Waals surface area (Å²) in [6.07, 6.45) is 0.712. The molecule has 1 aliphatic heterocycles. The van der Waals surface area contributed by atoms with Gasteiger partial charge >= 0.3 is 5.97 Å². The van der Waals surface area contributed by atoms with Crippen LogP contribution in [0.5, 0.6) is 5.75 Å². The van der Waals surface area contributed by atoms with Crippen LogP contribution < -0.4 is 4.74 Å². The SMILES string of the molecule is O=C(COc1ccc(F)cc1)N1CCC(C(=O)O)(c2ccccc2)CC1. The molecule has 0 bridgehead atoms. The highest BCUT2D eigenvalue weighted by Gasteiger charge is 2.43. The van der Waals surface area contributed by atoms with E-state index >= 15 is 0 Å². The number of rotatable bonds is 5. The van der Waals surface area contributed by atoms with E-state index in [1.54, 1.807) is 4.90 Å². The van der Waals surface area contributed by atoms with Gasteiger partial charge in [0.25, 0.3) is 5.91 Å². The van der Waals surface area contributed by atoms with Gasteiger partial charge in [-0.25, -0.2) is 4.39 Å². The van der Waals surface area contributed by atoms with E-state index in [0.717, 1.165) is 5.56 Å². The highest BCUT2D eigenvalue weighted by atomic mass is 19.1. The summed E-state index contributed by atoms with van der Waals surface area (Å²) >= 11 is 0. The maximum Gasteiger partial charge on any atom is 0.314 e. The number of ether oxygens (including phenoxy) is 1. The van der Waals surface area contributed by atoms with Gasteiger partial charge in [-0.05, 0) is 42.7 Å². The molecule has 136 valence electrons. The summed E-state index contributed by atoms with van der Waals surface area (Å²) in [5, 5.41) is 9.78. The van der Waals surface area contributed by atoms with Crippen molar-refractivity contribution in [2.75, 3.05) is 19.7 Å². The minimum absolute atomic E-state index is 0.156. The Balaban J connectivity index is 1.60. The number of piperidine rings is 1. The quantitative estimate of drug-likeness (QED) is 0.894.